The maximum Gasteiger partial charge on any atom is 0.127 e. The molecule has 0 heterocycles. The van der Waals surface area contributed by atoms with Crippen molar-refractivity contribution in [1.82, 2.24) is 0 Å². The first-order valence-electron chi connectivity index (χ1n) is 7.51. The molecule has 0 bridgehead atoms. The molecule has 0 aliphatic rings. The van der Waals surface area contributed by atoms with Crippen molar-refractivity contribution in [3.8, 4) is 11.1 Å². The Morgan fingerprint density at radius 1 is 0.682 bits per heavy atom. The predicted molar refractivity (Wildman–Crippen MR) is 90.8 cm³/mol. The zero-order valence-corrected chi connectivity index (χ0v) is 12.4. The third-order valence-electron chi connectivity index (χ3n) is 3.91. The molecule has 0 spiro atoms. The van der Waals surface area contributed by atoms with Crippen LogP contribution in [0.25, 0.3) is 11.1 Å². The molecule has 3 aromatic carbocycles. The van der Waals surface area contributed by atoms with E-state index in [4.69, 9.17) is 0 Å². The molecule has 0 aromatic heterocycles. The van der Waals surface area contributed by atoms with E-state index in [-0.39, 0.29) is 5.92 Å². The Kier molecular flexibility index (Phi) is 4.45. The lowest BCUT2D eigenvalue weighted by Crippen LogP contribution is -2.04. The molecule has 0 fully saturated rings. The lowest BCUT2D eigenvalue weighted by Gasteiger charge is -2.11. The standard InChI is InChI=1S/C21H18O/c22-16-21(19-9-5-2-6-10-19)15-17-11-13-20(14-12-17)18-7-3-1-4-8-18/h1-14,16,21H,15H2. The third-order valence-corrected chi connectivity index (χ3v) is 3.91. The summed E-state index contributed by atoms with van der Waals surface area (Å²) in [6, 6.07) is 28.7. The van der Waals surface area contributed by atoms with Crippen LogP contribution in [0.4, 0.5) is 0 Å². The van der Waals surface area contributed by atoms with E-state index >= 15 is 0 Å². The average molecular weight is 286 g/mol. The zero-order chi connectivity index (χ0) is 15.2. The second-order valence-electron chi connectivity index (χ2n) is 5.42. The van der Waals surface area contributed by atoms with Crippen molar-refractivity contribution in [3.63, 3.8) is 0 Å². The van der Waals surface area contributed by atoms with Crippen LogP contribution in [0, 0.1) is 0 Å². The summed E-state index contributed by atoms with van der Waals surface area (Å²) >= 11 is 0. The zero-order valence-electron chi connectivity index (χ0n) is 12.4. The van der Waals surface area contributed by atoms with Crippen LogP contribution in [0.5, 0.6) is 0 Å². The molecule has 22 heavy (non-hydrogen) atoms. The summed E-state index contributed by atoms with van der Waals surface area (Å²) < 4.78 is 0. The topological polar surface area (TPSA) is 17.1 Å². The van der Waals surface area contributed by atoms with Crippen molar-refractivity contribution in [3.05, 3.63) is 96.1 Å². The van der Waals surface area contributed by atoms with Crippen LogP contribution in [-0.2, 0) is 11.2 Å². The summed E-state index contributed by atoms with van der Waals surface area (Å²) in [6.45, 7) is 0. The van der Waals surface area contributed by atoms with Crippen LogP contribution in [0.15, 0.2) is 84.9 Å². The smallest absolute Gasteiger partial charge is 0.127 e. The molecule has 0 radical (unpaired) electrons. The molecule has 0 N–H and O–H groups in total. The quantitative estimate of drug-likeness (QED) is 0.611. The summed E-state index contributed by atoms with van der Waals surface area (Å²) in [7, 11) is 0. The molecule has 0 saturated carbocycles. The van der Waals surface area contributed by atoms with Crippen LogP contribution in [0.3, 0.4) is 0 Å². The fraction of sp³-hybridized carbons (Fsp3) is 0.0952. The first kappa shape index (κ1) is 14.3. The SMILES string of the molecule is O=CC(Cc1ccc(-c2ccccc2)cc1)c1ccccc1. The minimum atomic E-state index is -0.0798. The highest BCUT2D eigenvalue weighted by molar-refractivity contribution is 5.65. The van der Waals surface area contributed by atoms with Gasteiger partial charge < -0.3 is 4.79 Å². The average Bonchev–Trinajstić information content (AvgIpc) is 2.62. The molecule has 1 nitrogen and oxygen atoms in total. The fourth-order valence-electron chi connectivity index (χ4n) is 2.66. The molecule has 0 amide bonds. The summed E-state index contributed by atoms with van der Waals surface area (Å²) in [5, 5.41) is 0. The minimum absolute atomic E-state index is 0.0798. The summed E-state index contributed by atoms with van der Waals surface area (Å²) in [6.07, 6.45) is 1.78. The van der Waals surface area contributed by atoms with E-state index in [9.17, 15) is 4.79 Å². The van der Waals surface area contributed by atoms with E-state index in [2.05, 4.69) is 36.4 Å². The second kappa shape index (κ2) is 6.86. The molecule has 3 aromatic rings. The first-order valence-corrected chi connectivity index (χ1v) is 7.51. The van der Waals surface area contributed by atoms with Crippen LogP contribution < -0.4 is 0 Å². The molecule has 0 aliphatic carbocycles. The van der Waals surface area contributed by atoms with Crippen molar-refractivity contribution in [1.29, 1.82) is 0 Å². The van der Waals surface area contributed by atoms with Crippen LogP contribution in [0.2, 0.25) is 0 Å². The van der Waals surface area contributed by atoms with E-state index in [1.54, 1.807) is 0 Å². The summed E-state index contributed by atoms with van der Waals surface area (Å²) in [5.41, 5.74) is 4.67. The molecule has 1 heteroatoms. The van der Waals surface area contributed by atoms with Crippen LogP contribution in [0.1, 0.15) is 17.0 Å². The Labute approximate surface area is 131 Å². The van der Waals surface area contributed by atoms with Gasteiger partial charge >= 0.3 is 0 Å². The largest absolute Gasteiger partial charge is 0.303 e. The lowest BCUT2D eigenvalue weighted by atomic mass is 9.92. The number of benzene rings is 3. The van der Waals surface area contributed by atoms with Gasteiger partial charge in [-0.15, -0.1) is 0 Å². The van der Waals surface area contributed by atoms with Gasteiger partial charge in [0.15, 0.2) is 0 Å². The van der Waals surface area contributed by atoms with Gasteiger partial charge in [0.05, 0.1) is 0 Å². The van der Waals surface area contributed by atoms with Gasteiger partial charge in [0, 0.05) is 5.92 Å². The van der Waals surface area contributed by atoms with Gasteiger partial charge in [-0.25, -0.2) is 0 Å². The Bertz CT molecular complexity index is 715. The van der Waals surface area contributed by atoms with Gasteiger partial charge in [0.2, 0.25) is 0 Å². The van der Waals surface area contributed by atoms with Gasteiger partial charge in [0.1, 0.15) is 6.29 Å². The Morgan fingerprint density at radius 3 is 1.82 bits per heavy atom. The predicted octanol–water partition coefficient (Wildman–Crippen LogP) is 4.88. The normalized spacial score (nSPS) is 11.8. The number of aldehydes is 1. The molecule has 0 saturated heterocycles. The summed E-state index contributed by atoms with van der Waals surface area (Å²) in [4.78, 5) is 11.4. The molecule has 1 unspecified atom stereocenters. The van der Waals surface area contributed by atoms with Crippen molar-refractivity contribution in [2.75, 3.05) is 0 Å². The highest BCUT2D eigenvalue weighted by atomic mass is 16.1. The number of carbonyl (C=O) groups is 1. The Balaban J connectivity index is 1.77. The number of hydrogen-bond donors (Lipinski definition) is 0. The maximum absolute atomic E-state index is 11.4. The van der Waals surface area contributed by atoms with Gasteiger partial charge in [0.25, 0.3) is 0 Å². The second-order valence-corrected chi connectivity index (χ2v) is 5.42. The molecule has 1 atom stereocenters. The third kappa shape index (κ3) is 3.32. The molecular formula is C21H18O. The lowest BCUT2D eigenvalue weighted by molar-refractivity contribution is -0.109. The van der Waals surface area contributed by atoms with E-state index in [0.29, 0.717) is 0 Å². The van der Waals surface area contributed by atoms with Gasteiger partial charge in [-0.3, -0.25) is 0 Å². The highest BCUT2D eigenvalue weighted by Gasteiger charge is 2.11. The van der Waals surface area contributed by atoms with Crippen molar-refractivity contribution < 1.29 is 4.79 Å². The number of hydrogen-bond acceptors (Lipinski definition) is 1. The monoisotopic (exact) mass is 286 g/mol. The van der Waals surface area contributed by atoms with Crippen molar-refractivity contribution in [2.45, 2.75) is 12.3 Å². The van der Waals surface area contributed by atoms with Gasteiger partial charge in [-0.1, -0.05) is 84.9 Å². The summed E-state index contributed by atoms with van der Waals surface area (Å²) in [5.74, 6) is -0.0798. The Hall–Kier alpha value is -2.67. The van der Waals surface area contributed by atoms with E-state index < -0.39 is 0 Å². The molecule has 3 rings (SSSR count). The number of carbonyl (C=O) groups excluding carboxylic acids is 1. The maximum atomic E-state index is 11.4. The van der Waals surface area contributed by atoms with Gasteiger partial charge in [-0.2, -0.15) is 0 Å². The molecule has 108 valence electrons. The van der Waals surface area contributed by atoms with E-state index in [0.717, 1.165) is 18.3 Å². The van der Waals surface area contributed by atoms with E-state index in [1.165, 1.54) is 16.7 Å². The van der Waals surface area contributed by atoms with Crippen LogP contribution >= 0.6 is 0 Å². The molecular weight excluding hydrogens is 268 g/mol. The number of rotatable bonds is 5. The van der Waals surface area contributed by atoms with Gasteiger partial charge in [-0.05, 0) is 28.7 Å². The molecule has 0 aliphatic heterocycles. The van der Waals surface area contributed by atoms with Crippen molar-refractivity contribution >= 4 is 6.29 Å². The Morgan fingerprint density at radius 2 is 1.23 bits per heavy atom. The van der Waals surface area contributed by atoms with Crippen molar-refractivity contribution in [2.24, 2.45) is 0 Å². The highest BCUT2D eigenvalue weighted by Crippen LogP contribution is 2.23. The van der Waals surface area contributed by atoms with Crippen LogP contribution in [-0.4, -0.2) is 6.29 Å². The fourth-order valence-corrected chi connectivity index (χ4v) is 2.66. The minimum Gasteiger partial charge on any atom is -0.303 e. The first-order chi connectivity index (χ1) is 10.9. The van der Waals surface area contributed by atoms with E-state index in [1.807, 2.05) is 48.5 Å².